The van der Waals surface area contributed by atoms with Gasteiger partial charge in [-0.3, -0.25) is 4.79 Å². The smallest absolute Gasteiger partial charge is 0.228 e. The first-order valence-corrected chi connectivity index (χ1v) is 7.10. The summed E-state index contributed by atoms with van der Waals surface area (Å²) < 4.78 is 5.39. The highest BCUT2D eigenvalue weighted by Crippen LogP contribution is 2.31. The van der Waals surface area contributed by atoms with Gasteiger partial charge in [-0.25, -0.2) is 4.98 Å². The number of amides is 1. The maximum absolute atomic E-state index is 11.7. The van der Waals surface area contributed by atoms with Crippen molar-refractivity contribution in [2.24, 2.45) is 5.92 Å². The first-order chi connectivity index (χ1) is 9.24. The highest BCUT2D eigenvalue weighted by Gasteiger charge is 2.29. The van der Waals surface area contributed by atoms with Crippen molar-refractivity contribution in [3.8, 4) is 0 Å². The summed E-state index contributed by atoms with van der Waals surface area (Å²) in [5.41, 5.74) is 2.33. The van der Waals surface area contributed by atoms with Crippen molar-refractivity contribution in [3.63, 3.8) is 0 Å². The van der Waals surface area contributed by atoms with Gasteiger partial charge in [-0.1, -0.05) is 6.07 Å². The lowest BCUT2D eigenvalue weighted by Crippen LogP contribution is -2.17. The zero-order chi connectivity index (χ0) is 13.2. The van der Waals surface area contributed by atoms with Gasteiger partial charge < -0.3 is 10.1 Å². The van der Waals surface area contributed by atoms with Crippen LogP contribution < -0.4 is 5.32 Å². The first kappa shape index (κ1) is 12.6. The fourth-order valence-corrected chi connectivity index (χ4v) is 2.66. The van der Waals surface area contributed by atoms with E-state index in [0.29, 0.717) is 11.7 Å². The maximum Gasteiger partial charge on any atom is 0.228 e. The fraction of sp³-hybridized carbons (Fsp3) is 0.600. The quantitative estimate of drug-likeness (QED) is 0.909. The molecule has 0 radical (unpaired) electrons. The first-order valence-electron chi connectivity index (χ1n) is 7.10. The second-order valence-electron chi connectivity index (χ2n) is 5.52. The van der Waals surface area contributed by atoms with Gasteiger partial charge in [0, 0.05) is 24.8 Å². The van der Waals surface area contributed by atoms with Crippen molar-refractivity contribution in [1.82, 2.24) is 4.98 Å². The SMILES string of the molecule is Cc1nc(NC(=O)C2CC2)ccc1C1CCOCC1. The van der Waals surface area contributed by atoms with Crippen LogP contribution in [0, 0.1) is 12.8 Å². The van der Waals surface area contributed by atoms with Crippen molar-refractivity contribution < 1.29 is 9.53 Å². The van der Waals surface area contributed by atoms with Crippen LogP contribution in [0.3, 0.4) is 0 Å². The van der Waals surface area contributed by atoms with Crippen molar-refractivity contribution in [2.45, 2.75) is 38.5 Å². The Bertz CT molecular complexity index is 477. The van der Waals surface area contributed by atoms with E-state index in [9.17, 15) is 4.79 Å². The Labute approximate surface area is 113 Å². The van der Waals surface area contributed by atoms with Crippen LogP contribution in [0.1, 0.15) is 42.9 Å². The topological polar surface area (TPSA) is 51.2 Å². The molecule has 0 unspecified atom stereocenters. The maximum atomic E-state index is 11.7. The molecule has 1 aromatic heterocycles. The van der Waals surface area contributed by atoms with Gasteiger partial charge in [0.05, 0.1) is 0 Å². The highest BCUT2D eigenvalue weighted by molar-refractivity contribution is 5.93. The predicted octanol–water partition coefficient (Wildman–Crippen LogP) is 2.63. The van der Waals surface area contributed by atoms with E-state index in [1.807, 2.05) is 13.0 Å². The molecule has 1 aliphatic carbocycles. The number of anilines is 1. The molecule has 1 aliphatic heterocycles. The van der Waals surface area contributed by atoms with Gasteiger partial charge in [-0.15, -0.1) is 0 Å². The molecule has 0 atom stereocenters. The Balaban J connectivity index is 1.71. The van der Waals surface area contributed by atoms with Crippen LogP contribution in [-0.4, -0.2) is 24.1 Å². The zero-order valence-corrected chi connectivity index (χ0v) is 11.3. The Morgan fingerprint density at radius 3 is 2.63 bits per heavy atom. The minimum Gasteiger partial charge on any atom is -0.381 e. The Morgan fingerprint density at radius 2 is 2.00 bits per heavy atom. The third-order valence-electron chi connectivity index (χ3n) is 3.99. The van der Waals surface area contributed by atoms with Gasteiger partial charge >= 0.3 is 0 Å². The van der Waals surface area contributed by atoms with Crippen LogP contribution in [0.15, 0.2) is 12.1 Å². The van der Waals surface area contributed by atoms with E-state index >= 15 is 0 Å². The Kier molecular flexibility index (Phi) is 3.51. The van der Waals surface area contributed by atoms with E-state index in [4.69, 9.17) is 4.74 Å². The van der Waals surface area contributed by atoms with Crippen LogP contribution in [0.5, 0.6) is 0 Å². The molecule has 0 spiro atoms. The molecule has 4 heteroatoms. The standard InChI is InChI=1S/C15H20N2O2/c1-10-13(11-6-8-19-9-7-11)4-5-14(16-10)17-15(18)12-2-3-12/h4-5,11-12H,2-3,6-9H2,1H3,(H,16,17,18). The lowest BCUT2D eigenvalue weighted by atomic mass is 9.91. The molecule has 1 aromatic rings. The average molecular weight is 260 g/mol. The van der Waals surface area contributed by atoms with Crippen molar-refractivity contribution in [3.05, 3.63) is 23.4 Å². The van der Waals surface area contributed by atoms with Gasteiger partial charge in [0.15, 0.2) is 0 Å². The van der Waals surface area contributed by atoms with Crippen molar-refractivity contribution in [1.29, 1.82) is 0 Å². The fourth-order valence-electron chi connectivity index (χ4n) is 2.66. The van der Waals surface area contributed by atoms with Crippen LogP contribution >= 0.6 is 0 Å². The summed E-state index contributed by atoms with van der Waals surface area (Å²) in [7, 11) is 0. The van der Waals surface area contributed by atoms with E-state index in [2.05, 4.69) is 16.4 Å². The molecule has 0 aromatic carbocycles. The number of pyridine rings is 1. The summed E-state index contributed by atoms with van der Waals surface area (Å²) in [6.07, 6.45) is 4.17. The number of nitrogens with zero attached hydrogens (tertiary/aromatic N) is 1. The average Bonchev–Trinajstić information content (AvgIpc) is 3.24. The zero-order valence-electron chi connectivity index (χ0n) is 11.3. The number of aryl methyl sites for hydroxylation is 1. The van der Waals surface area contributed by atoms with Crippen LogP contribution in [-0.2, 0) is 9.53 Å². The summed E-state index contributed by atoms with van der Waals surface area (Å²) in [6, 6.07) is 4.04. The Hall–Kier alpha value is -1.42. The summed E-state index contributed by atoms with van der Waals surface area (Å²) in [4.78, 5) is 16.2. The molecule has 2 aliphatic rings. The number of rotatable bonds is 3. The molecule has 2 fully saturated rings. The highest BCUT2D eigenvalue weighted by atomic mass is 16.5. The summed E-state index contributed by atoms with van der Waals surface area (Å²) in [5.74, 6) is 1.57. The summed E-state index contributed by atoms with van der Waals surface area (Å²) >= 11 is 0. The Morgan fingerprint density at radius 1 is 1.26 bits per heavy atom. The number of hydrogen-bond acceptors (Lipinski definition) is 3. The molecular formula is C15H20N2O2. The molecule has 102 valence electrons. The largest absolute Gasteiger partial charge is 0.381 e. The molecular weight excluding hydrogens is 240 g/mol. The minimum absolute atomic E-state index is 0.116. The number of aromatic nitrogens is 1. The lowest BCUT2D eigenvalue weighted by molar-refractivity contribution is -0.117. The minimum atomic E-state index is 0.116. The van der Waals surface area contributed by atoms with Crippen molar-refractivity contribution >= 4 is 11.7 Å². The molecule has 2 heterocycles. The van der Waals surface area contributed by atoms with Gasteiger partial charge in [-0.2, -0.15) is 0 Å². The summed E-state index contributed by atoms with van der Waals surface area (Å²) in [5, 5.41) is 2.90. The molecule has 1 amide bonds. The molecule has 4 nitrogen and oxygen atoms in total. The third-order valence-corrected chi connectivity index (χ3v) is 3.99. The second kappa shape index (κ2) is 5.29. The molecule has 1 saturated heterocycles. The third kappa shape index (κ3) is 2.95. The number of nitrogens with one attached hydrogen (secondary N) is 1. The van der Waals surface area contributed by atoms with E-state index in [-0.39, 0.29) is 11.8 Å². The predicted molar refractivity (Wildman–Crippen MR) is 73.1 cm³/mol. The normalized spacial score (nSPS) is 20.3. The van der Waals surface area contributed by atoms with Crippen LogP contribution in [0.25, 0.3) is 0 Å². The monoisotopic (exact) mass is 260 g/mol. The van der Waals surface area contributed by atoms with Crippen molar-refractivity contribution in [2.75, 3.05) is 18.5 Å². The molecule has 0 bridgehead atoms. The summed E-state index contributed by atoms with van der Waals surface area (Å²) in [6.45, 7) is 3.70. The number of carbonyl (C=O) groups excluding carboxylic acids is 1. The number of hydrogen-bond donors (Lipinski definition) is 1. The lowest BCUT2D eigenvalue weighted by Gasteiger charge is -2.23. The van der Waals surface area contributed by atoms with Gasteiger partial charge in [0.2, 0.25) is 5.91 Å². The van der Waals surface area contributed by atoms with E-state index in [1.165, 1.54) is 5.56 Å². The molecule has 1 saturated carbocycles. The molecule has 3 rings (SSSR count). The van der Waals surface area contributed by atoms with E-state index in [1.54, 1.807) is 0 Å². The van der Waals surface area contributed by atoms with E-state index < -0.39 is 0 Å². The van der Waals surface area contributed by atoms with Gasteiger partial charge in [-0.05, 0) is 50.2 Å². The van der Waals surface area contributed by atoms with Crippen LogP contribution in [0.2, 0.25) is 0 Å². The second-order valence-corrected chi connectivity index (χ2v) is 5.52. The number of carbonyl (C=O) groups is 1. The molecule has 1 N–H and O–H groups in total. The van der Waals surface area contributed by atoms with Gasteiger partial charge in [0.1, 0.15) is 5.82 Å². The van der Waals surface area contributed by atoms with E-state index in [0.717, 1.165) is 44.6 Å². The number of ether oxygens (including phenoxy) is 1. The molecule has 19 heavy (non-hydrogen) atoms. The van der Waals surface area contributed by atoms with Crippen LogP contribution in [0.4, 0.5) is 5.82 Å². The van der Waals surface area contributed by atoms with Gasteiger partial charge in [0.25, 0.3) is 0 Å².